The lowest BCUT2D eigenvalue weighted by atomic mass is 10.5. The van der Waals surface area contributed by atoms with Crippen LogP contribution < -0.4 is 4.74 Å². The first-order valence-electron chi connectivity index (χ1n) is 4.27. The molecule has 0 amide bonds. The van der Waals surface area contributed by atoms with Crippen molar-refractivity contribution in [1.82, 2.24) is 15.2 Å². The summed E-state index contributed by atoms with van der Waals surface area (Å²) in [5, 5.41) is 7.29. The van der Waals surface area contributed by atoms with Gasteiger partial charge in [0.05, 0.1) is 5.02 Å². The third-order valence-electron chi connectivity index (χ3n) is 1.74. The van der Waals surface area contributed by atoms with Gasteiger partial charge in [-0.05, 0) is 13.0 Å². The number of aromatic nitrogens is 3. The molecule has 0 atom stereocenters. The molecule has 0 unspecified atom stereocenters. The molecule has 0 saturated carbocycles. The molecule has 0 aliphatic heterocycles. The van der Waals surface area contributed by atoms with Gasteiger partial charge in [-0.2, -0.15) is 4.98 Å². The molecule has 0 bridgehead atoms. The lowest BCUT2D eigenvalue weighted by Crippen LogP contribution is -1.90. The van der Waals surface area contributed by atoms with Gasteiger partial charge < -0.3 is 4.74 Å². The van der Waals surface area contributed by atoms with E-state index >= 15 is 0 Å². The van der Waals surface area contributed by atoms with Gasteiger partial charge in [-0.25, -0.2) is 0 Å². The highest BCUT2D eigenvalue weighted by atomic mass is 35.5. The Hall–Kier alpha value is -0.970. The Balaban J connectivity index is 2.31. The molecule has 0 fully saturated rings. The van der Waals surface area contributed by atoms with Crippen LogP contribution in [0, 0.1) is 6.92 Å². The van der Waals surface area contributed by atoms with Crippen molar-refractivity contribution in [1.29, 1.82) is 0 Å². The van der Waals surface area contributed by atoms with Crippen LogP contribution in [0.4, 0.5) is 0 Å². The molecule has 2 rings (SSSR count). The first-order valence-corrected chi connectivity index (χ1v) is 5.41. The first kappa shape index (κ1) is 11.5. The number of aromatic amines is 1. The molecule has 0 aromatic carbocycles. The molecule has 7 heteroatoms. The van der Waals surface area contributed by atoms with Crippen molar-refractivity contribution in [3.63, 3.8) is 0 Å². The Kier molecular flexibility index (Phi) is 3.23. The minimum Gasteiger partial charge on any atom is -0.417 e. The molecular formula is C9H6Cl3N3O. The lowest BCUT2D eigenvalue weighted by molar-refractivity contribution is 0.444. The number of hydrogen-bond donors (Lipinski definition) is 1. The highest BCUT2D eigenvalue weighted by molar-refractivity contribution is 6.42. The Morgan fingerprint density at radius 1 is 1.19 bits per heavy atom. The number of rotatable bonds is 2. The van der Waals surface area contributed by atoms with E-state index in [1.54, 1.807) is 6.07 Å². The minimum atomic E-state index is 0.133. The van der Waals surface area contributed by atoms with E-state index in [9.17, 15) is 0 Å². The van der Waals surface area contributed by atoms with Crippen LogP contribution in [-0.4, -0.2) is 15.2 Å². The maximum atomic E-state index is 5.89. The number of hydrogen-bond acceptors (Lipinski definition) is 3. The number of H-pyrrole nitrogens is 1. The molecule has 16 heavy (non-hydrogen) atoms. The fraction of sp³-hybridized carbons (Fsp3) is 0.111. The zero-order chi connectivity index (χ0) is 11.7. The van der Waals surface area contributed by atoms with E-state index in [1.807, 2.05) is 6.92 Å². The smallest absolute Gasteiger partial charge is 0.241 e. The molecule has 0 radical (unpaired) electrons. The van der Waals surface area contributed by atoms with Crippen LogP contribution in [0.5, 0.6) is 11.8 Å². The second-order valence-electron chi connectivity index (χ2n) is 3.04. The Morgan fingerprint density at radius 2 is 1.94 bits per heavy atom. The highest BCUT2D eigenvalue weighted by Gasteiger charge is 2.11. The zero-order valence-electron chi connectivity index (χ0n) is 8.09. The van der Waals surface area contributed by atoms with Gasteiger partial charge in [0.25, 0.3) is 0 Å². The van der Waals surface area contributed by atoms with Gasteiger partial charge in [-0.3, -0.25) is 5.10 Å². The summed E-state index contributed by atoms with van der Waals surface area (Å²) in [6, 6.07) is 3.17. The number of pyridine rings is 1. The van der Waals surface area contributed by atoms with Crippen molar-refractivity contribution < 1.29 is 4.74 Å². The monoisotopic (exact) mass is 277 g/mol. The molecule has 1 N–H and O–H groups in total. The van der Waals surface area contributed by atoms with Gasteiger partial charge >= 0.3 is 0 Å². The summed E-state index contributed by atoms with van der Waals surface area (Å²) in [6.45, 7) is 1.85. The number of ether oxygens (including phenoxy) is 1. The lowest BCUT2D eigenvalue weighted by Gasteiger charge is -2.04. The van der Waals surface area contributed by atoms with E-state index in [4.69, 9.17) is 39.5 Å². The normalized spacial score (nSPS) is 10.5. The molecule has 84 valence electrons. The molecule has 2 heterocycles. The van der Waals surface area contributed by atoms with Crippen LogP contribution >= 0.6 is 34.8 Å². The quantitative estimate of drug-likeness (QED) is 0.849. The Bertz CT molecular complexity index is 527. The molecule has 0 aliphatic carbocycles. The number of aryl methyl sites for hydroxylation is 1. The van der Waals surface area contributed by atoms with E-state index in [1.165, 1.54) is 6.07 Å². The molecule has 0 spiro atoms. The maximum Gasteiger partial charge on any atom is 0.241 e. The standard InChI is InChI=1S/C9H6Cl3N3O/c1-4-2-7(15-14-4)16-9-6(11)3-5(10)8(12)13-9/h2-3H,1H3,(H,14,15). The van der Waals surface area contributed by atoms with E-state index in [2.05, 4.69) is 15.2 Å². The van der Waals surface area contributed by atoms with Crippen LogP contribution in [0.15, 0.2) is 12.1 Å². The van der Waals surface area contributed by atoms with Crippen LogP contribution in [0.1, 0.15) is 5.69 Å². The summed E-state index contributed by atoms with van der Waals surface area (Å²) >= 11 is 17.4. The predicted molar refractivity (Wildman–Crippen MR) is 62.7 cm³/mol. The van der Waals surface area contributed by atoms with Crippen molar-refractivity contribution in [2.45, 2.75) is 6.92 Å². The summed E-state index contributed by atoms with van der Waals surface area (Å²) < 4.78 is 5.34. The number of nitrogens with zero attached hydrogens (tertiary/aromatic N) is 2. The van der Waals surface area contributed by atoms with Gasteiger partial charge in [-0.15, -0.1) is 5.10 Å². The third kappa shape index (κ3) is 2.40. The van der Waals surface area contributed by atoms with Crippen LogP contribution in [0.3, 0.4) is 0 Å². The van der Waals surface area contributed by atoms with Crippen molar-refractivity contribution in [2.24, 2.45) is 0 Å². The third-order valence-corrected chi connectivity index (χ3v) is 2.68. The predicted octanol–water partition coefficient (Wildman–Crippen LogP) is 3.87. The van der Waals surface area contributed by atoms with Gasteiger partial charge in [-0.1, -0.05) is 34.8 Å². The van der Waals surface area contributed by atoms with E-state index in [-0.39, 0.29) is 21.1 Å². The number of nitrogens with one attached hydrogen (secondary N) is 1. The van der Waals surface area contributed by atoms with E-state index in [0.29, 0.717) is 5.88 Å². The molecule has 2 aromatic rings. The van der Waals surface area contributed by atoms with Crippen molar-refractivity contribution >= 4 is 34.8 Å². The second-order valence-corrected chi connectivity index (χ2v) is 4.21. The average molecular weight is 279 g/mol. The summed E-state index contributed by atoms with van der Waals surface area (Å²) in [5.74, 6) is 0.535. The highest BCUT2D eigenvalue weighted by Crippen LogP contribution is 2.32. The van der Waals surface area contributed by atoms with Crippen molar-refractivity contribution in [3.8, 4) is 11.8 Å². The largest absolute Gasteiger partial charge is 0.417 e. The molecule has 4 nitrogen and oxygen atoms in total. The van der Waals surface area contributed by atoms with E-state index < -0.39 is 0 Å². The second kappa shape index (κ2) is 4.49. The van der Waals surface area contributed by atoms with Crippen LogP contribution in [0.25, 0.3) is 0 Å². The fourth-order valence-corrected chi connectivity index (χ4v) is 1.57. The SMILES string of the molecule is Cc1cc(Oc2nc(Cl)c(Cl)cc2Cl)n[nH]1. The summed E-state index contributed by atoms with van der Waals surface area (Å²) in [5.41, 5.74) is 0.867. The van der Waals surface area contributed by atoms with Gasteiger partial charge in [0.1, 0.15) is 5.02 Å². The fourth-order valence-electron chi connectivity index (χ4n) is 1.04. The van der Waals surface area contributed by atoms with Crippen LogP contribution in [-0.2, 0) is 0 Å². The number of halogens is 3. The molecule has 0 saturated heterocycles. The molecule has 0 aliphatic rings. The maximum absolute atomic E-state index is 5.89. The minimum absolute atomic E-state index is 0.133. The van der Waals surface area contributed by atoms with Crippen molar-refractivity contribution in [3.05, 3.63) is 33.0 Å². The Labute approximate surface area is 106 Å². The molecular weight excluding hydrogens is 272 g/mol. The Morgan fingerprint density at radius 3 is 2.56 bits per heavy atom. The average Bonchev–Trinajstić information content (AvgIpc) is 2.60. The summed E-state index contributed by atoms with van der Waals surface area (Å²) in [7, 11) is 0. The summed E-state index contributed by atoms with van der Waals surface area (Å²) in [6.07, 6.45) is 0. The first-order chi connectivity index (χ1) is 7.56. The van der Waals surface area contributed by atoms with Gasteiger partial charge in [0.15, 0.2) is 5.15 Å². The zero-order valence-corrected chi connectivity index (χ0v) is 10.4. The van der Waals surface area contributed by atoms with Crippen LogP contribution in [0.2, 0.25) is 15.2 Å². The van der Waals surface area contributed by atoms with E-state index in [0.717, 1.165) is 5.69 Å². The summed E-state index contributed by atoms with van der Waals surface area (Å²) in [4.78, 5) is 3.90. The van der Waals surface area contributed by atoms with Gasteiger partial charge in [0, 0.05) is 11.8 Å². The van der Waals surface area contributed by atoms with Gasteiger partial charge in [0.2, 0.25) is 11.8 Å². The molecule has 2 aromatic heterocycles. The topological polar surface area (TPSA) is 50.8 Å². The van der Waals surface area contributed by atoms with Crippen molar-refractivity contribution in [2.75, 3.05) is 0 Å².